The predicted molar refractivity (Wildman–Crippen MR) is 78.3 cm³/mol. The Morgan fingerprint density at radius 3 is 2.63 bits per heavy atom. The van der Waals surface area contributed by atoms with Crippen LogP contribution in [0.3, 0.4) is 0 Å². The van der Waals surface area contributed by atoms with Crippen molar-refractivity contribution in [3.63, 3.8) is 0 Å². The fourth-order valence-corrected chi connectivity index (χ4v) is 2.65. The summed E-state index contributed by atoms with van der Waals surface area (Å²) in [6, 6.07) is 5.03. The first-order valence-corrected chi connectivity index (χ1v) is 7.14. The molecule has 0 aliphatic carbocycles. The van der Waals surface area contributed by atoms with Gasteiger partial charge in [-0.05, 0) is 18.2 Å². The van der Waals surface area contributed by atoms with Gasteiger partial charge in [0.05, 0.1) is 30.8 Å². The van der Waals surface area contributed by atoms with E-state index < -0.39 is 0 Å². The number of carbonyl (C=O) groups excluding carboxylic acids is 1. The number of rotatable bonds is 2. The first-order chi connectivity index (χ1) is 9.04. The number of piperidine rings is 1. The van der Waals surface area contributed by atoms with Crippen molar-refractivity contribution in [2.45, 2.75) is 18.9 Å². The van der Waals surface area contributed by atoms with E-state index in [2.05, 4.69) is 17.7 Å². The normalized spacial score (nSPS) is 22.9. The number of nitrogens with one attached hydrogen (secondary N) is 3. The van der Waals surface area contributed by atoms with Crippen LogP contribution in [-0.4, -0.2) is 32.2 Å². The van der Waals surface area contributed by atoms with Crippen LogP contribution in [0.1, 0.15) is 12.8 Å². The number of urea groups is 1. The van der Waals surface area contributed by atoms with Gasteiger partial charge >= 0.3 is 6.03 Å². The highest BCUT2D eigenvalue weighted by Crippen LogP contribution is 2.25. The summed E-state index contributed by atoms with van der Waals surface area (Å²) in [7, 11) is 2.17. The van der Waals surface area contributed by atoms with Crippen LogP contribution >= 0.6 is 23.2 Å². The summed E-state index contributed by atoms with van der Waals surface area (Å²) in [5, 5.41) is 6.71. The SMILES string of the molecule is C[NH+]1CCC(NC(=O)Nc2ccc(Cl)cc2Cl)CC1. The standard InChI is InChI=1S/C13H17Cl2N3O/c1-18-6-4-10(5-7-18)16-13(19)17-12-3-2-9(14)8-11(12)15/h2-3,8,10H,4-7H2,1H3,(H2,16,17,19)/p+1. The van der Waals surface area contributed by atoms with Crippen LogP contribution in [0, 0.1) is 0 Å². The second-order valence-electron chi connectivity index (χ2n) is 4.95. The van der Waals surface area contributed by atoms with E-state index in [4.69, 9.17) is 23.2 Å². The largest absolute Gasteiger partial charge is 0.337 e. The Kier molecular flexibility index (Phi) is 4.91. The lowest BCUT2D eigenvalue weighted by molar-refractivity contribution is -0.884. The molecule has 1 heterocycles. The molecule has 0 unspecified atom stereocenters. The first-order valence-electron chi connectivity index (χ1n) is 6.38. The molecule has 1 aliphatic rings. The quantitative estimate of drug-likeness (QED) is 0.766. The monoisotopic (exact) mass is 302 g/mol. The maximum Gasteiger partial charge on any atom is 0.319 e. The Balaban J connectivity index is 1.87. The van der Waals surface area contributed by atoms with E-state index in [-0.39, 0.29) is 12.1 Å². The summed E-state index contributed by atoms with van der Waals surface area (Å²) in [4.78, 5) is 13.4. The molecule has 1 saturated heterocycles. The zero-order chi connectivity index (χ0) is 13.8. The second-order valence-corrected chi connectivity index (χ2v) is 5.80. The van der Waals surface area contributed by atoms with Crippen molar-refractivity contribution < 1.29 is 9.69 Å². The molecule has 6 heteroatoms. The van der Waals surface area contributed by atoms with Crippen LogP contribution in [0.4, 0.5) is 10.5 Å². The van der Waals surface area contributed by atoms with Crippen molar-refractivity contribution >= 4 is 34.9 Å². The van der Waals surface area contributed by atoms with Crippen molar-refractivity contribution in [3.8, 4) is 0 Å². The Morgan fingerprint density at radius 1 is 1.32 bits per heavy atom. The summed E-state index contributed by atoms with van der Waals surface area (Å²) >= 11 is 11.8. The molecule has 0 atom stereocenters. The number of benzene rings is 1. The number of likely N-dealkylation sites (tertiary alicyclic amines) is 1. The molecule has 0 radical (unpaired) electrons. The van der Waals surface area contributed by atoms with E-state index in [9.17, 15) is 4.79 Å². The van der Waals surface area contributed by atoms with Gasteiger partial charge in [-0.2, -0.15) is 0 Å². The minimum atomic E-state index is -0.214. The van der Waals surface area contributed by atoms with Crippen LogP contribution in [0.2, 0.25) is 10.0 Å². The van der Waals surface area contributed by atoms with Gasteiger partial charge in [0.2, 0.25) is 0 Å². The third-order valence-electron chi connectivity index (χ3n) is 3.35. The molecule has 0 aromatic heterocycles. The summed E-state index contributed by atoms with van der Waals surface area (Å²) in [5.74, 6) is 0. The van der Waals surface area contributed by atoms with Crippen LogP contribution < -0.4 is 15.5 Å². The summed E-state index contributed by atoms with van der Waals surface area (Å²) < 4.78 is 0. The van der Waals surface area contributed by atoms with E-state index >= 15 is 0 Å². The topological polar surface area (TPSA) is 45.6 Å². The molecule has 1 aromatic rings. The number of hydrogen-bond acceptors (Lipinski definition) is 1. The van der Waals surface area contributed by atoms with Crippen molar-refractivity contribution in [3.05, 3.63) is 28.2 Å². The van der Waals surface area contributed by atoms with Crippen molar-refractivity contribution in [1.29, 1.82) is 0 Å². The zero-order valence-electron chi connectivity index (χ0n) is 10.8. The number of anilines is 1. The number of hydrogen-bond donors (Lipinski definition) is 3. The number of halogens is 2. The molecule has 2 amide bonds. The fourth-order valence-electron chi connectivity index (χ4n) is 2.19. The van der Waals surface area contributed by atoms with Crippen LogP contribution in [0.15, 0.2) is 18.2 Å². The van der Waals surface area contributed by atoms with Gasteiger partial charge in [0.15, 0.2) is 0 Å². The van der Waals surface area contributed by atoms with Gasteiger partial charge < -0.3 is 15.5 Å². The molecule has 2 rings (SSSR count). The lowest BCUT2D eigenvalue weighted by Crippen LogP contribution is -3.10. The lowest BCUT2D eigenvalue weighted by atomic mass is 10.1. The molecule has 1 aromatic carbocycles. The van der Waals surface area contributed by atoms with Gasteiger partial charge in [0.25, 0.3) is 0 Å². The average Bonchev–Trinajstić information content (AvgIpc) is 2.36. The van der Waals surface area contributed by atoms with Gasteiger partial charge in [-0.25, -0.2) is 4.79 Å². The van der Waals surface area contributed by atoms with Crippen molar-refractivity contribution in [2.24, 2.45) is 0 Å². The first kappa shape index (κ1) is 14.4. The summed E-state index contributed by atoms with van der Waals surface area (Å²) in [6.45, 7) is 2.18. The maximum atomic E-state index is 11.9. The third kappa shape index (κ3) is 4.27. The summed E-state index contributed by atoms with van der Waals surface area (Å²) in [6.07, 6.45) is 2.02. The second kappa shape index (κ2) is 6.46. The molecule has 4 nitrogen and oxygen atoms in total. The smallest absolute Gasteiger partial charge is 0.319 e. The van der Waals surface area contributed by atoms with Gasteiger partial charge in [0.1, 0.15) is 0 Å². The number of quaternary nitrogens is 1. The Morgan fingerprint density at radius 2 is 2.00 bits per heavy atom. The highest BCUT2D eigenvalue weighted by molar-refractivity contribution is 6.36. The Labute approximate surface area is 123 Å². The van der Waals surface area contributed by atoms with Gasteiger partial charge in [-0.3, -0.25) is 0 Å². The zero-order valence-corrected chi connectivity index (χ0v) is 12.3. The fraction of sp³-hybridized carbons (Fsp3) is 0.462. The highest BCUT2D eigenvalue weighted by atomic mass is 35.5. The van der Waals surface area contributed by atoms with E-state index in [0.29, 0.717) is 15.7 Å². The van der Waals surface area contributed by atoms with E-state index in [1.54, 1.807) is 18.2 Å². The molecule has 0 spiro atoms. The van der Waals surface area contributed by atoms with Crippen LogP contribution in [0.5, 0.6) is 0 Å². The molecule has 0 saturated carbocycles. The predicted octanol–water partition coefficient (Wildman–Crippen LogP) is 1.79. The van der Waals surface area contributed by atoms with Crippen molar-refractivity contribution in [1.82, 2.24) is 5.32 Å². The lowest BCUT2D eigenvalue weighted by Gasteiger charge is -2.27. The van der Waals surface area contributed by atoms with Crippen LogP contribution in [0.25, 0.3) is 0 Å². The van der Waals surface area contributed by atoms with E-state index in [1.807, 2.05) is 0 Å². The van der Waals surface area contributed by atoms with Crippen molar-refractivity contribution in [2.75, 3.05) is 25.5 Å². The summed E-state index contributed by atoms with van der Waals surface area (Å²) in [5.41, 5.74) is 0.571. The molecular formula is C13H18Cl2N3O+. The highest BCUT2D eigenvalue weighted by Gasteiger charge is 2.20. The minimum absolute atomic E-state index is 0.214. The molecule has 1 fully saturated rings. The molecule has 19 heavy (non-hydrogen) atoms. The maximum absolute atomic E-state index is 11.9. The molecular weight excluding hydrogens is 285 g/mol. The van der Waals surface area contributed by atoms with Gasteiger partial charge in [0, 0.05) is 23.9 Å². The van der Waals surface area contributed by atoms with E-state index in [1.165, 1.54) is 4.90 Å². The Hall–Kier alpha value is -0.970. The molecule has 1 aliphatic heterocycles. The number of carbonyl (C=O) groups is 1. The van der Waals surface area contributed by atoms with Crippen LogP contribution in [-0.2, 0) is 0 Å². The average molecular weight is 303 g/mol. The van der Waals surface area contributed by atoms with Gasteiger partial charge in [-0.1, -0.05) is 23.2 Å². The van der Waals surface area contributed by atoms with E-state index in [0.717, 1.165) is 25.9 Å². The molecule has 3 N–H and O–H groups in total. The number of amides is 2. The van der Waals surface area contributed by atoms with Gasteiger partial charge in [-0.15, -0.1) is 0 Å². The molecule has 104 valence electrons. The third-order valence-corrected chi connectivity index (χ3v) is 3.90. The minimum Gasteiger partial charge on any atom is -0.337 e. The molecule has 0 bridgehead atoms. The Bertz CT molecular complexity index is 459.